The van der Waals surface area contributed by atoms with Gasteiger partial charge in [-0.25, -0.2) is 0 Å². The minimum atomic E-state index is 0. The van der Waals surface area contributed by atoms with Crippen molar-refractivity contribution in [2.45, 2.75) is 25.8 Å². The van der Waals surface area contributed by atoms with Crippen LogP contribution in [0.4, 0.5) is 5.69 Å². The van der Waals surface area contributed by atoms with Gasteiger partial charge in [0.1, 0.15) is 5.75 Å². The van der Waals surface area contributed by atoms with Crippen molar-refractivity contribution in [2.75, 3.05) is 38.2 Å². The molecule has 1 atom stereocenters. The van der Waals surface area contributed by atoms with Gasteiger partial charge in [0.15, 0.2) is 5.96 Å². The number of ether oxygens (including phenoxy) is 1. The highest BCUT2D eigenvalue weighted by Gasteiger charge is 2.25. The Morgan fingerprint density at radius 3 is 2.89 bits per heavy atom. The van der Waals surface area contributed by atoms with E-state index in [4.69, 9.17) is 9.73 Å². The number of hydrogen-bond donors (Lipinski definition) is 2. The lowest BCUT2D eigenvalue weighted by Gasteiger charge is -2.22. The molecule has 1 aliphatic rings. The number of nitrogens with one attached hydrogen (secondary N) is 2. The number of rotatable bonds is 7. The molecular weight excluding hydrogens is 471 g/mol. The van der Waals surface area contributed by atoms with Gasteiger partial charge in [-0.3, -0.25) is 4.99 Å². The molecule has 1 aliphatic heterocycles. The van der Waals surface area contributed by atoms with Gasteiger partial charge in [-0.05, 0) is 36.9 Å². The first-order valence-corrected chi connectivity index (χ1v) is 10.1. The zero-order valence-corrected chi connectivity index (χ0v) is 19.1. The van der Waals surface area contributed by atoms with Gasteiger partial charge in [0.25, 0.3) is 0 Å². The van der Waals surface area contributed by atoms with Crippen molar-refractivity contribution in [2.24, 2.45) is 4.99 Å². The monoisotopic (exact) mass is 500 g/mol. The van der Waals surface area contributed by atoms with Crippen LogP contribution < -0.4 is 20.3 Å². The first-order chi connectivity index (χ1) is 12.8. The summed E-state index contributed by atoms with van der Waals surface area (Å²) in [6.45, 7) is 5.75. The summed E-state index contributed by atoms with van der Waals surface area (Å²) in [7, 11) is 1.73. The highest BCUT2D eigenvalue weighted by molar-refractivity contribution is 14.0. The van der Waals surface area contributed by atoms with E-state index in [-0.39, 0.29) is 24.0 Å². The summed E-state index contributed by atoms with van der Waals surface area (Å²) in [6, 6.07) is 12.9. The normalized spacial score (nSPS) is 16.7. The Morgan fingerprint density at radius 2 is 2.15 bits per heavy atom. The molecule has 0 radical (unpaired) electrons. The predicted octanol–water partition coefficient (Wildman–Crippen LogP) is 3.75. The average Bonchev–Trinajstić information content (AvgIpc) is 3.34. The topological polar surface area (TPSA) is 48.9 Å². The van der Waals surface area contributed by atoms with Crippen LogP contribution in [0.5, 0.6) is 5.75 Å². The van der Waals surface area contributed by atoms with Gasteiger partial charge in [-0.1, -0.05) is 18.2 Å². The fraction of sp³-hybridized carbons (Fsp3) is 0.450. The first kappa shape index (κ1) is 21.8. The van der Waals surface area contributed by atoms with Crippen LogP contribution in [-0.4, -0.2) is 45.3 Å². The number of benzene rings is 1. The Kier molecular flexibility index (Phi) is 9.20. The lowest BCUT2D eigenvalue weighted by Crippen LogP contribution is -2.44. The minimum Gasteiger partial charge on any atom is -0.495 e. The van der Waals surface area contributed by atoms with Crippen LogP contribution in [0.15, 0.2) is 46.8 Å². The van der Waals surface area contributed by atoms with E-state index in [0.717, 1.165) is 50.7 Å². The summed E-state index contributed by atoms with van der Waals surface area (Å²) < 4.78 is 5.50. The van der Waals surface area contributed by atoms with E-state index < -0.39 is 0 Å². The number of anilines is 1. The Balaban J connectivity index is 0.00000261. The smallest absolute Gasteiger partial charge is 0.191 e. The Morgan fingerprint density at radius 1 is 1.30 bits per heavy atom. The van der Waals surface area contributed by atoms with Gasteiger partial charge < -0.3 is 20.3 Å². The number of hydrogen-bond acceptors (Lipinski definition) is 4. The summed E-state index contributed by atoms with van der Waals surface area (Å²) in [5.41, 5.74) is 1.17. The lowest BCUT2D eigenvalue weighted by molar-refractivity contribution is 0.415. The van der Waals surface area contributed by atoms with E-state index >= 15 is 0 Å². The summed E-state index contributed by atoms with van der Waals surface area (Å²) in [5, 5.41) is 9.08. The van der Waals surface area contributed by atoms with Crippen LogP contribution in [0.3, 0.4) is 0 Å². The molecule has 1 aromatic carbocycles. The third-order valence-corrected chi connectivity index (χ3v) is 5.44. The van der Waals surface area contributed by atoms with Crippen molar-refractivity contribution in [1.82, 2.24) is 10.6 Å². The maximum absolute atomic E-state index is 5.50. The van der Waals surface area contributed by atoms with E-state index in [1.807, 2.05) is 12.1 Å². The van der Waals surface area contributed by atoms with Gasteiger partial charge in [-0.2, -0.15) is 0 Å². The van der Waals surface area contributed by atoms with Crippen molar-refractivity contribution in [1.29, 1.82) is 0 Å². The third-order valence-electron chi connectivity index (χ3n) is 4.51. The molecule has 27 heavy (non-hydrogen) atoms. The van der Waals surface area contributed by atoms with Crippen molar-refractivity contribution >= 4 is 47.0 Å². The number of methoxy groups -OCH3 is 1. The van der Waals surface area contributed by atoms with Crippen molar-refractivity contribution in [3.8, 4) is 5.75 Å². The maximum atomic E-state index is 5.50. The molecule has 0 amide bonds. The largest absolute Gasteiger partial charge is 0.495 e. The zero-order valence-electron chi connectivity index (χ0n) is 16.0. The summed E-state index contributed by atoms with van der Waals surface area (Å²) >= 11 is 1.79. The third kappa shape index (κ3) is 6.27. The van der Waals surface area contributed by atoms with E-state index in [2.05, 4.69) is 52.1 Å². The van der Waals surface area contributed by atoms with E-state index in [1.165, 1.54) is 10.6 Å². The van der Waals surface area contributed by atoms with Crippen LogP contribution in [-0.2, 0) is 6.42 Å². The second-order valence-corrected chi connectivity index (χ2v) is 7.37. The van der Waals surface area contributed by atoms with Crippen LogP contribution in [0.2, 0.25) is 0 Å². The molecule has 148 valence electrons. The molecule has 1 aromatic heterocycles. The van der Waals surface area contributed by atoms with Crippen LogP contribution in [0.25, 0.3) is 0 Å². The Bertz CT molecular complexity index is 708. The Labute approximate surface area is 183 Å². The van der Waals surface area contributed by atoms with E-state index in [9.17, 15) is 0 Å². The average molecular weight is 500 g/mol. The fourth-order valence-electron chi connectivity index (χ4n) is 3.23. The molecule has 0 saturated carbocycles. The van der Waals surface area contributed by atoms with Crippen LogP contribution in [0, 0.1) is 0 Å². The molecule has 2 aromatic rings. The molecule has 7 heteroatoms. The van der Waals surface area contributed by atoms with Crippen molar-refractivity contribution in [3.05, 3.63) is 46.7 Å². The molecule has 0 spiro atoms. The highest BCUT2D eigenvalue weighted by Crippen LogP contribution is 2.30. The SMILES string of the molecule is CCNC(=NCCc1cccs1)NC1CCN(c2ccccc2OC)C1.I. The summed E-state index contributed by atoms with van der Waals surface area (Å²) in [4.78, 5) is 8.50. The quantitative estimate of drug-likeness (QED) is 0.346. The van der Waals surface area contributed by atoms with Crippen molar-refractivity contribution < 1.29 is 4.74 Å². The highest BCUT2D eigenvalue weighted by atomic mass is 127. The molecule has 1 unspecified atom stereocenters. The van der Waals surface area contributed by atoms with Gasteiger partial charge in [0.05, 0.1) is 12.8 Å². The molecule has 1 fully saturated rings. The fourth-order valence-corrected chi connectivity index (χ4v) is 3.93. The molecule has 2 heterocycles. The molecule has 2 N–H and O–H groups in total. The first-order valence-electron chi connectivity index (χ1n) is 9.25. The number of aliphatic imine (C=N–C) groups is 1. The molecule has 0 bridgehead atoms. The number of thiophene rings is 1. The summed E-state index contributed by atoms with van der Waals surface area (Å²) in [5.74, 6) is 1.85. The van der Waals surface area contributed by atoms with Crippen LogP contribution >= 0.6 is 35.3 Å². The molecule has 0 aliphatic carbocycles. The van der Waals surface area contributed by atoms with E-state index in [1.54, 1.807) is 18.4 Å². The molecular formula is C20H29IN4OS. The van der Waals surface area contributed by atoms with Gasteiger partial charge >= 0.3 is 0 Å². The maximum Gasteiger partial charge on any atom is 0.191 e. The molecule has 3 rings (SSSR count). The Hall–Kier alpha value is -1.48. The number of halogens is 1. The van der Waals surface area contributed by atoms with Gasteiger partial charge in [0, 0.05) is 43.5 Å². The second kappa shape index (κ2) is 11.4. The summed E-state index contributed by atoms with van der Waals surface area (Å²) in [6.07, 6.45) is 2.08. The van der Waals surface area contributed by atoms with Gasteiger partial charge in [-0.15, -0.1) is 35.3 Å². The van der Waals surface area contributed by atoms with E-state index in [0.29, 0.717) is 6.04 Å². The second-order valence-electron chi connectivity index (χ2n) is 6.34. The van der Waals surface area contributed by atoms with Crippen LogP contribution in [0.1, 0.15) is 18.2 Å². The zero-order chi connectivity index (χ0) is 18.2. The molecule has 1 saturated heterocycles. The van der Waals surface area contributed by atoms with Crippen molar-refractivity contribution in [3.63, 3.8) is 0 Å². The minimum absolute atomic E-state index is 0. The molecule has 5 nitrogen and oxygen atoms in total. The number of para-hydroxylation sites is 2. The predicted molar refractivity (Wildman–Crippen MR) is 126 cm³/mol. The standard InChI is InChI=1S/C20H28N4OS.HI/c1-3-21-20(22-12-10-17-7-6-14-26-17)23-16-11-13-24(15-16)18-8-4-5-9-19(18)25-2;/h4-9,14,16H,3,10-13,15H2,1-2H3,(H2,21,22,23);1H. The number of guanidine groups is 1. The lowest BCUT2D eigenvalue weighted by atomic mass is 10.2. The number of nitrogens with zero attached hydrogens (tertiary/aromatic N) is 2. The van der Waals surface area contributed by atoms with Gasteiger partial charge in [0.2, 0.25) is 0 Å².